The Labute approximate surface area is 73.0 Å². The highest BCUT2D eigenvalue weighted by Gasteiger charge is 2.05. The van der Waals surface area contributed by atoms with Crippen molar-refractivity contribution >= 4 is 27.4 Å². The Balaban J connectivity index is 2.75. The molecule has 5 heteroatoms. The summed E-state index contributed by atoms with van der Waals surface area (Å²) in [4.78, 5) is 8.06. The summed E-state index contributed by atoms with van der Waals surface area (Å²) in [6, 6.07) is 2.21. The molecule has 0 radical (unpaired) electrons. The SMILES string of the molecule is COc1nc(N)c2sccc2n1. The first-order valence-electron chi connectivity index (χ1n) is 3.36. The minimum atomic E-state index is 0.318. The maximum atomic E-state index is 5.66. The zero-order valence-electron chi connectivity index (χ0n) is 6.44. The van der Waals surface area contributed by atoms with Crippen LogP contribution in [0.3, 0.4) is 0 Å². The topological polar surface area (TPSA) is 61.0 Å². The first-order valence-corrected chi connectivity index (χ1v) is 4.24. The zero-order valence-corrected chi connectivity index (χ0v) is 7.26. The minimum absolute atomic E-state index is 0.318. The third-order valence-corrected chi connectivity index (χ3v) is 2.42. The summed E-state index contributed by atoms with van der Waals surface area (Å²) >= 11 is 1.53. The molecule has 0 aliphatic heterocycles. The summed E-state index contributed by atoms with van der Waals surface area (Å²) in [5.74, 6) is 0.479. The molecule has 0 fully saturated rings. The van der Waals surface area contributed by atoms with Crippen molar-refractivity contribution in [3.8, 4) is 6.01 Å². The van der Waals surface area contributed by atoms with Crippen molar-refractivity contribution in [2.45, 2.75) is 0 Å². The fourth-order valence-electron chi connectivity index (χ4n) is 0.955. The van der Waals surface area contributed by atoms with Gasteiger partial charge in [0.25, 0.3) is 0 Å². The number of ether oxygens (including phenoxy) is 1. The van der Waals surface area contributed by atoms with E-state index in [1.165, 1.54) is 18.4 Å². The monoisotopic (exact) mass is 181 g/mol. The second-order valence-corrected chi connectivity index (χ2v) is 3.15. The molecule has 0 spiro atoms. The van der Waals surface area contributed by atoms with Crippen LogP contribution in [0.1, 0.15) is 0 Å². The van der Waals surface area contributed by atoms with E-state index in [0.29, 0.717) is 11.8 Å². The number of thiophene rings is 1. The lowest BCUT2D eigenvalue weighted by Gasteiger charge is -1.98. The van der Waals surface area contributed by atoms with Gasteiger partial charge in [-0.2, -0.15) is 9.97 Å². The Morgan fingerprint density at radius 1 is 1.50 bits per heavy atom. The Morgan fingerprint density at radius 3 is 3.08 bits per heavy atom. The third-order valence-electron chi connectivity index (χ3n) is 1.49. The van der Waals surface area contributed by atoms with Crippen molar-refractivity contribution in [3.05, 3.63) is 11.4 Å². The van der Waals surface area contributed by atoms with Crippen LogP contribution in [0.4, 0.5) is 5.82 Å². The standard InChI is InChI=1S/C7H7N3OS/c1-11-7-9-4-2-3-12-5(4)6(8)10-7/h2-3H,1H3,(H2,8,9,10). The highest BCUT2D eigenvalue weighted by molar-refractivity contribution is 7.17. The Kier molecular flexibility index (Phi) is 1.58. The lowest BCUT2D eigenvalue weighted by molar-refractivity contribution is 0.382. The fourth-order valence-corrected chi connectivity index (χ4v) is 1.69. The van der Waals surface area contributed by atoms with Gasteiger partial charge in [0.1, 0.15) is 5.82 Å². The van der Waals surface area contributed by atoms with Crippen LogP contribution in [0.15, 0.2) is 11.4 Å². The number of hydrogen-bond acceptors (Lipinski definition) is 5. The Bertz CT molecular complexity index is 412. The van der Waals surface area contributed by atoms with Crippen molar-refractivity contribution in [1.29, 1.82) is 0 Å². The maximum absolute atomic E-state index is 5.66. The molecule has 12 heavy (non-hydrogen) atoms. The molecule has 0 unspecified atom stereocenters. The Hall–Kier alpha value is -1.36. The summed E-state index contributed by atoms with van der Waals surface area (Å²) < 4.78 is 5.79. The van der Waals surface area contributed by atoms with E-state index in [1.807, 2.05) is 11.4 Å². The molecule has 62 valence electrons. The Morgan fingerprint density at radius 2 is 2.33 bits per heavy atom. The highest BCUT2D eigenvalue weighted by atomic mass is 32.1. The summed E-state index contributed by atoms with van der Waals surface area (Å²) in [5, 5.41) is 1.93. The average Bonchev–Trinajstić information content (AvgIpc) is 2.52. The van der Waals surface area contributed by atoms with Crippen molar-refractivity contribution < 1.29 is 4.74 Å². The van der Waals surface area contributed by atoms with Crippen LogP contribution in [0, 0.1) is 0 Å². The number of hydrogen-bond donors (Lipinski definition) is 1. The van der Waals surface area contributed by atoms with Gasteiger partial charge in [0.15, 0.2) is 0 Å². The van der Waals surface area contributed by atoms with Crippen molar-refractivity contribution in [3.63, 3.8) is 0 Å². The van der Waals surface area contributed by atoms with E-state index in [4.69, 9.17) is 10.5 Å². The van der Waals surface area contributed by atoms with Gasteiger partial charge in [0.05, 0.1) is 17.3 Å². The maximum Gasteiger partial charge on any atom is 0.318 e. The summed E-state index contributed by atoms with van der Waals surface area (Å²) in [5.41, 5.74) is 6.49. The van der Waals surface area contributed by atoms with Crippen LogP contribution in [0.5, 0.6) is 6.01 Å². The molecule has 2 aromatic rings. The van der Waals surface area contributed by atoms with Crippen LogP contribution < -0.4 is 10.5 Å². The fraction of sp³-hybridized carbons (Fsp3) is 0.143. The first-order chi connectivity index (χ1) is 5.81. The molecule has 0 amide bonds. The molecule has 2 aromatic heterocycles. The molecule has 0 aliphatic carbocycles. The van der Waals surface area contributed by atoms with E-state index in [-0.39, 0.29) is 0 Å². The number of aromatic nitrogens is 2. The van der Waals surface area contributed by atoms with Gasteiger partial charge in [0, 0.05) is 0 Å². The second kappa shape index (κ2) is 2.60. The number of methoxy groups -OCH3 is 1. The molecule has 0 bridgehead atoms. The number of anilines is 1. The van der Waals surface area contributed by atoms with E-state index in [1.54, 1.807) is 0 Å². The lowest BCUT2D eigenvalue weighted by Crippen LogP contribution is -1.96. The van der Waals surface area contributed by atoms with Gasteiger partial charge in [-0.3, -0.25) is 0 Å². The van der Waals surface area contributed by atoms with Crippen LogP contribution in [-0.2, 0) is 0 Å². The molecule has 0 atom stereocenters. The number of nitrogens with two attached hydrogens (primary N) is 1. The van der Waals surface area contributed by atoms with Crippen LogP contribution in [-0.4, -0.2) is 17.1 Å². The first kappa shape index (κ1) is 7.30. The highest BCUT2D eigenvalue weighted by Crippen LogP contribution is 2.25. The molecular weight excluding hydrogens is 174 g/mol. The number of rotatable bonds is 1. The van der Waals surface area contributed by atoms with E-state index < -0.39 is 0 Å². The quantitative estimate of drug-likeness (QED) is 0.720. The normalized spacial score (nSPS) is 10.4. The van der Waals surface area contributed by atoms with Crippen molar-refractivity contribution in [2.24, 2.45) is 0 Å². The number of nitrogens with zero attached hydrogens (tertiary/aromatic N) is 2. The molecule has 2 rings (SSSR count). The summed E-state index contributed by atoms with van der Waals surface area (Å²) in [6.45, 7) is 0. The van der Waals surface area contributed by atoms with E-state index in [2.05, 4.69) is 9.97 Å². The molecule has 0 saturated carbocycles. The molecule has 2 heterocycles. The zero-order chi connectivity index (χ0) is 8.55. The summed E-state index contributed by atoms with van der Waals surface area (Å²) in [7, 11) is 1.52. The molecule has 4 nitrogen and oxygen atoms in total. The van der Waals surface area contributed by atoms with E-state index in [9.17, 15) is 0 Å². The smallest absolute Gasteiger partial charge is 0.318 e. The number of nitrogen functional groups attached to an aromatic ring is 1. The second-order valence-electron chi connectivity index (χ2n) is 2.23. The van der Waals surface area contributed by atoms with Gasteiger partial charge >= 0.3 is 6.01 Å². The van der Waals surface area contributed by atoms with E-state index in [0.717, 1.165) is 10.2 Å². The van der Waals surface area contributed by atoms with E-state index >= 15 is 0 Å². The molecule has 0 aliphatic rings. The minimum Gasteiger partial charge on any atom is -0.467 e. The lowest BCUT2D eigenvalue weighted by atomic mass is 10.4. The van der Waals surface area contributed by atoms with Crippen LogP contribution in [0.2, 0.25) is 0 Å². The molecule has 0 aromatic carbocycles. The van der Waals surface area contributed by atoms with Gasteiger partial charge < -0.3 is 10.5 Å². The van der Waals surface area contributed by atoms with Gasteiger partial charge in [-0.1, -0.05) is 0 Å². The molecule has 0 saturated heterocycles. The predicted octanol–water partition coefficient (Wildman–Crippen LogP) is 1.28. The van der Waals surface area contributed by atoms with Crippen LogP contribution in [0.25, 0.3) is 10.2 Å². The van der Waals surface area contributed by atoms with Gasteiger partial charge in [-0.15, -0.1) is 11.3 Å². The van der Waals surface area contributed by atoms with Gasteiger partial charge in [-0.25, -0.2) is 0 Å². The third kappa shape index (κ3) is 0.984. The molecule has 2 N–H and O–H groups in total. The van der Waals surface area contributed by atoms with Gasteiger partial charge in [-0.05, 0) is 11.4 Å². The van der Waals surface area contributed by atoms with Crippen molar-refractivity contribution in [1.82, 2.24) is 9.97 Å². The average molecular weight is 181 g/mol. The predicted molar refractivity (Wildman–Crippen MR) is 48.4 cm³/mol. The number of fused-ring (bicyclic) bond motifs is 1. The van der Waals surface area contributed by atoms with Crippen LogP contribution >= 0.6 is 11.3 Å². The largest absolute Gasteiger partial charge is 0.467 e. The van der Waals surface area contributed by atoms with Crippen molar-refractivity contribution in [2.75, 3.05) is 12.8 Å². The summed E-state index contributed by atoms with van der Waals surface area (Å²) in [6.07, 6.45) is 0. The van der Waals surface area contributed by atoms with Gasteiger partial charge in [0.2, 0.25) is 0 Å². The molecular formula is C7H7N3OS.